The van der Waals surface area contributed by atoms with Gasteiger partial charge in [0.2, 0.25) is 0 Å². The Kier molecular flexibility index (Phi) is 5.97. The number of hydrogen-bond donors (Lipinski definition) is 1. The van der Waals surface area contributed by atoms with Crippen LogP contribution in [0.3, 0.4) is 0 Å². The third kappa shape index (κ3) is 5.43. The van der Waals surface area contributed by atoms with Crippen molar-refractivity contribution in [3.05, 3.63) is 20.8 Å². The molecule has 1 rings (SSSR count). The quantitative estimate of drug-likeness (QED) is 0.774. The van der Waals surface area contributed by atoms with E-state index >= 15 is 0 Å². The first-order valence-electron chi connectivity index (χ1n) is 5.61. The van der Waals surface area contributed by atoms with Gasteiger partial charge in [-0.15, -0.1) is 11.3 Å². The normalized spacial score (nSPS) is 12.0. The van der Waals surface area contributed by atoms with Crippen molar-refractivity contribution in [2.24, 2.45) is 0 Å². The van der Waals surface area contributed by atoms with Gasteiger partial charge in [0.25, 0.3) is 0 Å². The van der Waals surface area contributed by atoms with Gasteiger partial charge in [0.05, 0.1) is 12.2 Å². The number of halogens is 1. The van der Waals surface area contributed by atoms with Crippen LogP contribution in [0.2, 0.25) is 0 Å². The fraction of sp³-hybridized carbons (Fsp3) is 0.667. The van der Waals surface area contributed by atoms with Crippen molar-refractivity contribution < 1.29 is 4.74 Å². The second-order valence-electron chi connectivity index (χ2n) is 4.37. The lowest BCUT2D eigenvalue weighted by Crippen LogP contribution is -2.28. The maximum atomic E-state index is 5.75. The minimum atomic E-state index is 0.00758. The molecule has 1 heterocycles. The Labute approximate surface area is 111 Å². The summed E-state index contributed by atoms with van der Waals surface area (Å²) in [6.07, 6.45) is 1.05. The van der Waals surface area contributed by atoms with E-state index in [2.05, 4.69) is 53.5 Å². The second-order valence-corrected chi connectivity index (χ2v) is 6.28. The highest BCUT2D eigenvalue weighted by Gasteiger charge is 2.14. The van der Waals surface area contributed by atoms with Gasteiger partial charge < -0.3 is 10.1 Å². The third-order valence-corrected chi connectivity index (χ3v) is 4.24. The number of thiophene rings is 1. The van der Waals surface area contributed by atoms with Crippen LogP contribution in [0.1, 0.15) is 32.1 Å². The van der Waals surface area contributed by atoms with Crippen molar-refractivity contribution in [2.45, 2.75) is 39.3 Å². The van der Waals surface area contributed by atoms with Crippen LogP contribution in [0.25, 0.3) is 0 Å². The number of rotatable bonds is 7. The predicted molar refractivity (Wildman–Crippen MR) is 74.0 cm³/mol. The Morgan fingerprint density at radius 3 is 2.81 bits per heavy atom. The average Bonchev–Trinajstić information content (AvgIpc) is 2.64. The molecule has 0 atom stereocenters. The van der Waals surface area contributed by atoms with Crippen molar-refractivity contribution in [3.63, 3.8) is 0 Å². The van der Waals surface area contributed by atoms with Crippen molar-refractivity contribution in [1.82, 2.24) is 5.32 Å². The van der Waals surface area contributed by atoms with Crippen molar-refractivity contribution in [1.29, 1.82) is 0 Å². The Hall–Kier alpha value is 0.1000. The van der Waals surface area contributed by atoms with Gasteiger partial charge in [-0.25, -0.2) is 0 Å². The van der Waals surface area contributed by atoms with Crippen molar-refractivity contribution in [3.8, 4) is 0 Å². The van der Waals surface area contributed by atoms with Crippen LogP contribution in [0.5, 0.6) is 0 Å². The Morgan fingerprint density at radius 2 is 2.25 bits per heavy atom. The zero-order valence-electron chi connectivity index (χ0n) is 10.2. The molecule has 1 aromatic heterocycles. The summed E-state index contributed by atoms with van der Waals surface area (Å²) in [6, 6.07) is 2.15. The molecule has 2 nitrogen and oxygen atoms in total. The molecule has 0 saturated carbocycles. The van der Waals surface area contributed by atoms with Gasteiger partial charge in [0.1, 0.15) is 0 Å². The molecule has 4 heteroatoms. The van der Waals surface area contributed by atoms with E-state index in [1.54, 1.807) is 11.3 Å². The van der Waals surface area contributed by atoms with Crippen LogP contribution in [0, 0.1) is 0 Å². The summed E-state index contributed by atoms with van der Waals surface area (Å²) >= 11 is 5.22. The maximum absolute atomic E-state index is 5.75. The lowest BCUT2D eigenvalue weighted by atomic mass is 10.1. The van der Waals surface area contributed by atoms with Crippen LogP contribution in [-0.4, -0.2) is 18.8 Å². The third-order valence-electron chi connectivity index (χ3n) is 2.54. The lowest BCUT2D eigenvalue weighted by Gasteiger charge is -2.23. The van der Waals surface area contributed by atoms with Gasteiger partial charge in [-0.3, -0.25) is 0 Å². The minimum Gasteiger partial charge on any atom is -0.374 e. The van der Waals surface area contributed by atoms with Crippen molar-refractivity contribution >= 4 is 27.3 Å². The van der Waals surface area contributed by atoms with Gasteiger partial charge in [0.15, 0.2) is 0 Å². The molecule has 0 aliphatic rings. The molecule has 0 aromatic carbocycles. The molecule has 92 valence electrons. The van der Waals surface area contributed by atoms with Crippen LogP contribution in [-0.2, 0) is 11.3 Å². The van der Waals surface area contributed by atoms with E-state index in [0.29, 0.717) is 0 Å². The molecule has 0 spiro atoms. The fourth-order valence-corrected chi connectivity index (χ4v) is 2.58. The molecule has 0 bridgehead atoms. The summed E-state index contributed by atoms with van der Waals surface area (Å²) in [6.45, 7) is 9.00. The molecule has 0 radical (unpaired) electrons. The van der Waals surface area contributed by atoms with E-state index in [9.17, 15) is 0 Å². The van der Waals surface area contributed by atoms with Gasteiger partial charge in [-0.1, -0.05) is 6.92 Å². The molecular weight excluding hydrogens is 286 g/mol. The zero-order chi connectivity index (χ0) is 12.0. The summed E-state index contributed by atoms with van der Waals surface area (Å²) in [7, 11) is 0. The molecular formula is C12H20BrNOS. The highest BCUT2D eigenvalue weighted by Crippen LogP contribution is 2.19. The minimum absolute atomic E-state index is 0.00758. The zero-order valence-corrected chi connectivity index (χ0v) is 12.6. The van der Waals surface area contributed by atoms with E-state index in [-0.39, 0.29) is 5.60 Å². The van der Waals surface area contributed by atoms with E-state index in [4.69, 9.17) is 4.74 Å². The molecule has 0 unspecified atom stereocenters. The van der Waals surface area contributed by atoms with Crippen LogP contribution in [0.15, 0.2) is 15.9 Å². The van der Waals surface area contributed by atoms with Gasteiger partial charge in [-0.05, 0) is 42.3 Å². The highest BCUT2D eigenvalue weighted by atomic mass is 79.9. The topological polar surface area (TPSA) is 21.3 Å². The smallest absolute Gasteiger partial charge is 0.0624 e. The molecule has 16 heavy (non-hydrogen) atoms. The SMILES string of the molecule is CCC(C)(C)OCCNCc1cc(Br)cs1. The van der Waals surface area contributed by atoms with E-state index in [1.807, 2.05) is 0 Å². The number of ether oxygens (including phenoxy) is 1. The molecule has 0 amide bonds. The molecule has 1 aromatic rings. The number of hydrogen-bond acceptors (Lipinski definition) is 3. The molecule has 0 aliphatic carbocycles. The monoisotopic (exact) mass is 305 g/mol. The summed E-state index contributed by atoms with van der Waals surface area (Å²) in [5.41, 5.74) is 0.00758. The molecule has 0 fully saturated rings. The van der Waals surface area contributed by atoms with Gasteiger partial charge in [0, 0.05) is 27.8 Å². The van der Waals surface area contributed by atoms with Crippen LogP contribution in [0.4, 0.5) is 0 Å². The van der Waals surface area contributed by atoms with Crippen molar-refractivity contribution in [2.75, 3.05) is 13.2 Å². The lowest BCUT2D eigenvalue weighted by molar-refractivity contribution is -0.0180. The Morgan fingerprint density at radius 1 is 1.50 bits per heavy atom. The first-order chi connectivity index (χ1) is 7.53. The summed E-state index contributed by atoms with van der Waals surface area (Å²) < 4.78 is 6.92. The van der Waals surface area contributed by atoms with Gasteiger partial charge in [-0.2, -0.15) is 0 Å². The van der Waals surface area contributed by atoms with Crippen LogP contribution >= 0.6 is 27.3 Å². The Balaban J connectivity index is 2.08. The first-order valence-corrected chi connectivity index (χ1v) is 7.28. The van der Waals surface area contributed by atoms with Gasteiger partial charge >= 0.3 is 0 Å². The largest absolute Gasteiger partial charge is 0.374 e. The predicted octanol–water partition coefficient (Wildman–Crippen LogP) is 3.81. The average molecular weight is 306 g/mol. The Bertz CT molecular complexity index is 312. The fourth-order valence-electron chi connectivity index (χ4n) is 1.16. The summed E-state index contributed by atoms with van der Waals surface area (Å²) in [5, 5.41) is 5.48. The summed E-state index contributed by atoms with van der Waals surface area (Å²) in [5.74, 6) is 0. The first kappa shape index (κ1) is 14.2. The van der Waals surface area contributed by atoms with E-state index < -0.39 is 0 Å². The molecule has 1 N–H and O–H groups in total. The van der Waals surface area contributed by atoms with Crippen LogP contribution < -0.4 is 5.32 Å². The highest BCUT2D eigenvalue weighted by molar-refractivity contribution is 9.10. The number of nitrogens with one attached hydrogen (secondary N) is 1. The maximum Gasteiger partial charge on any atom is 0.0624 e. The standard InChI is InChI=1S/C12H20BrNOS/c1-4-12(2,3)15-6-5-14-8-11-7-10(13)9-16-11/h7,9,14H,4-6,8H2,1-3H3. The van der Waals surface area contributed by atoms with E-state index in [1.165, 1.54) is 4.88 Å². The molecule has 0 aliphatic heterocycles. The second kappa shape index (κ2) is 6.74. The molecule has 0 saturated heterocycles. The summed E-state index contributed by atoms with van der Waals surface area (Å²) in [4.78, 5) is 1.35. The van der Waals surface area contributed by atoms with E-state index in [0.717, 1.165) is 30.6 Å².